The molecule has 3 rings (SSSR count). The van der Waals surface area contributed by atoms with Crippen LogP contribution in [-0.2, 0) is 6.61 Å². The van der Waals surface area contributed by atoms with Gasteiger partial charge in [0.05, 0.1) is 17.7 Å². The summed E-state index contributed by atoms with van der Waals surface area (Å²) in [5.41, 5.74) is 1.21. The summed E-state index contributed by atoms with van der Waals surface area (Å²) < 4.78 is 0. The van der Waals surface area contributed by atoms with Gasteiger partial charge in [-0.25, -0.2) is 4.98 Å². The highest BCUT2D eigenvalue weighted by atomic mass is 16.3. The van der Waals surface area contributed by atoms with E-state index in [2.05, 4.69) is 4.90 Å². The smallest absolute Gasteiger partial charge is 0.134 e. The molecule has 0 bridgehead atoms. The minimum absolute atomic E-state index is 0.0138. The highest BCUT2D eigenvalue weighted by Gasteiger charge is 2.26. The molecule has 1 aliphatic heterocycles. The van der Waals surface area contributed by atoms with E-state index < -0.39 is 5.60 Å². The number of anilines is 1. The Labute approximate surface area is 125 Å². The van der Waals surface area contributed by atoms with Crippen molar-refractivity contribution in [3.05, 3.63) is 35.9 Å². The number of nitrogens with zero attached hydrogens (tertiary/aromatic N) is 2. The van der Waals surface area contributed by atoms with Crippen molar-refractivity contribution < 1.29 is 10.2 Å². The fourth-order valence-corrected chi connectivity index (χ4v) is 3.01. The first-order valence-electron chi connectivity index (χ1n) is 7.56. The van der Waals surface area contributed by atoms with E-state index in [9.17, 15) is 10.2 Å². The van der Waals surface area contributed by atoms with Crippen LogP contribution >= 0.6 is 0 Å². The third-order valence-corrected chi connectivity index (χ3v) is 4.31. The lowest BCUT2D eigenvalue weighted by Crippen LogP contribution is -2.29. The van der Waals surface area contributed by atoms with Crippen molar-refractivity contribution in [1.82, 2.24) is 4.98 Å². The van der Waals surface area contributed by atoms with E-state index in [1.54, 1.807) is 0 Å². The maximum Gasteiger partial charge on any atom is 0.134 e. The molecule has 2 N–H and O–H groups in total. The normalized spacial score (nSPS) is 23.3. The second-order valence-corrected chi connectivity index (χ2v) is 6.16. The van der Waals surface area contributed by atoms with Gasteiger partial charge in [0, 0.05) is 24.0 Å². The molecule has 1 atom stereocenters. The lowest BCUT2D eigenvalue weighted by Gasteiger charge is -2.25. The zero-order chi connectivity index (χ0) is 14.9. The van der Waals surface area contributed by atoms with Crippen molar-refractivity contribution in [1.29, 1.82) is 0 Å². The molecule has 1 fully saturated rings. The Morgan fingerprint density at radius 3 is 2.86 bits per heavy atom. The molecule has 0 spiro atoms. The van der Waals surface area contributed by atoms with Gasteiger partial charge in [-0.15, -0.1) is 0 Å². The number of hydrogen-bond acceptors (Lipinski definition) is 4. The summed E-state index contributed by atoms with van der Waals surface area (Å²) in [6.07, 6.45) is 2.48. The van der Waals surface area contributed by atoms with Crippen molar-refractivity contribution in [2.75, 3.05) is 18.0 Å². The average molecular weight is 286 g/mol. The molecule has 112 valence electrons. The zero-order valence-electron chi connectivity index (χ0n) is 12.4. The van der Waals surface area contributed by atoms with Gasteiger partial charge in [-0.3, -0.25) is 0 Å². The molecule has 1 aliphatic rings. The van der Waals surface area contributed by atoms with Crippen LogP contribution in [0, 0.1) is 0 Å². The van der Waals surface area contributed by atoms with Crippen LogP contribution < -0.4 is 4.90 Å². The SMILES string of the molecule is CC1(O)CCCN(c2nc3ccccc3cc2CO)CC1. The fourth-order valence-electron chi connectivity index (χ4n) is 3.01. The van der Waals surface area contributed by atoms with Crippen LogP contribution in [0.5, 0.6) is 0 Å². The van der Waals surface area contributed by atoms with Crippen molar-refractivity contribution in [3.63, 3.8) is 0 Å². The number of aromatic nitrogens is 1. The molecular weight excluding hydrogens is 264 g/mol. The first-order valence-corrected chi connectivity index (χ1v) is 7.56. The van der Waals surface area contributed by atoms with E-state index in [0.717, 1.165) is 54.6 Å². The molecule has 0 aliphatic carbocycles. The van der Waals surface area contributed by atoms with E-state index in [1.807, 2.05) is 37.3 Å². The lowest BCUT2D eigenvalue weighted by molar-refractivity contribution is 0.0481. The van der Waals surface area contributed by atoms with Crippen molar-refractivity contribution in [2.24, 2.45) is 0 Å². The van der Waals surface area contributed by atoms with Crippen LogP contribution in [0.3, 0.4) is 0 Å². The third kappa shape index (κ3) is 3.01. The van der Waals surface area contributed by atoms with Gasteiger partial charge in [0.25, 0.3) is 0 Å². The Bertz CT molecular complexity index is 640. The van der Waals surface area contributed by atoms with Gasteiger partial charge in [-0.1, -0.05) is 18.2 Å². The fraction of sp³-hybridized carbons (Fsp3) is 0.471. The minimum Gasteiger partial charge on any atom is -0.392 e. The van der Waals surface area contributed by atoms with Gasteiger partial charge < -0.3 is 15.1 Å². The average Bonchev–Trinajstić information content (AvgIpc) is 2.66. The molecule has 21 heavy (non-hydrogen) atoms. The molecule has 2 aromatic rings. The topological polar surface area (TPSA) is 56.6 Å². The molecule has 4 nitrogen and oxygen atoms in total. The molecule has 0 amide bonds. The Kier molecular flexibility index (Phi) is 3.83. The Morgan fingerprint density at radius 1 is 1.24 bits per heavy atom. The van der Waals surface area contributed by atoms with Crippen molar-refractivity contribution in [2.45, 2.75) is 38.4 Å². The van der Waals surface area contributed by atoms with Crippen molar-refractivity contribution in [3.8, 4) is 0 Å². The summed E-state index contributed by atoms with van der Waals surface area (Å²) in [7, 11) is 0. The van der Waals surface area contributed by atoms with E-state index >= 15 is 0 Å². The van der Waals surface area contributed by atoms with Gasteiger partial charge in [0.15, 0.2) is 0 Å². The second-order valence-electron chi connectivity index (χ2n) is 6.16. The summed E-state index contributed by atoms with van der Waals surface area (Å²) in [5, 5.41) is 20.9. The number of pyridine rings is 1. The quantitative estimate of drug-likeness (QED) is 0.890. The van der Waals surface area contributed by atoms with Gasteiger partial charge in [-0.05, 0) is 38.3 Å². The van der Waals surface area contributed by atoms with Gasteiger partial charge in [-0.2, -0.15) is 0 Å². The van der Waals surface area contributed by atoms with E-state index in [0.29, 0.717) is 0 Å². The highest BCUT2D eigenvalue weighted by Crippen LogP contribution is 2.28. The van der Waals surface area contributed by atoms with Crippen LogP contribution in [0.25, 0.3) is 10.9 Å². The number of aliphatic hydroxyl groups is 2. The molecule has 2 heterocycles. The number of rotatable bonds is 2. The number of para-hydroxylation sites is 1. The minimum atomic E-state index is -0.592. The second kappa shape index (κ2) is 5.62. The summed E-state index contributed by atoms with van der Waals surface area (Å²) in [6.45, 7) is 3.52. The molecule has 1 aromatic carbocycles. The maximum atomic E-state index is 10.2. The first-order chi connectivity index (χ1) is 10.1. The Morgan fingerprint density at radius 2 is 2.05 bits per heavy atom. The molecule has 1 aromatic heterocycles. The maximum absolute atomic E-state index is 10.2. The third-order valence-electron chi connectivity index (χ3n) is 4.31. The largest absolute Gasteiger partial charge is 0.392 e. The molecular formula is C17H22N2O2. The number of benzene rings is 1. The Hall–Kier alpha value is -1.65. The first kappa shape index (κ1) is 14.3. The van der Waals surface area contributed by atoms with Gasteiger partial charge in [0.1, 0.15) is 5.82 Å². The standard InChI is InChI=1S/C17H22N2O2/c1-17(21)7-4-9-19(10-8-17)16-14(12-20)11-13-5-2-3-6-15(13)18-16/h2-3,5-6,11,20-21H,4,7-10,12H2,1H3. The highest BCUT2D eigenvalue weighted by molar-refractivity contribution is 5.81. The van der Waals surface area contributed by atoms with E-state index in [4.69, 9.17) is 4.98 Å². The summed E-state index contributed by atoms with van der Waals surface area (Å²) in [6, 6.07) is 9.98. The molecule has 4 heteroatoms. The molecule has 1 unspecified atom stereocenters. The summed E-state index contributed by atoms with van der Waals surface area (Å²) >= 11 is 0. The lowest BCUT2D eigenvalue weighted by atomic mass is 9.98. The number of aliphatic hydroxyl groups excluding tert-OH is 1. The van der Waals surface area contributed by atoms with Gasteiger partial charge >= 0.3 is 0 Å². The van der Waals surface area contributed by atoms with Crippen LogP contribution in [0.4, 0.5) is 5.82 Å². The monoisotopic (exact) mass is 286 g/mol. The predicted molar refractivity (Wildman–Crippen MR) is 84.4 cm³/mol. The summed E-state index contributed by atoms with van der Waals surface area (Å²) in [4.78, 5) is 6.94. The number of fused-ring (bicyclic) bond motifs is 1. The molecule has 0 saturated carbocycles. The predicted octanol–water partition coefficient (Wildman–Crippen LogP) is 2.47. The summed E-state index contributed by atoms with van der Waals surface area (Å²) in [5.74, 6) is 0.855. The van der Waals surface area contributed by atoms with Crippen molar-refractivity contribution >= 4 is 16.7 Å². The van der Waals surface area contributed by atoms with Crippen LogP contribution in [0.2, 0.25) is 0 Å². The zero-order valence-corrected chi connectivity index (χ0v) is 12.4. The van der Waals surface area contributed by atoms with Crippen LogP contribution in [0.15, 0.2) is 30.3 Å². The molecule has 1 saturated heterocycles. The van der Waals surface area contributed by atoms with E-state index in [-0.39, 0.29) is 6.61 Å². The van der Waals surface area contributed by atoms with Crippen LogP contribution in [0.1, 0.15) is 31.7 Å². The van der Waals surface area contributed by atoms with Crippen LogP contribution in [-0.4, -0.2) is 33.9 Å². The number of hydrogen-bond donors (Lipinski definition) is 2. The van der Waals surface area contributed by atoms with Gasteiger partial charge in [0.2, 0.25) is 0 Å². The van der Waals surface area contributed by atoms with E-state index in [1.165, 1.54) is 0 Å². The molecule has 0 radical (unpaired) electrons. The Balaban J connectivity index is 1.98.